The highest BCUT2D eigenvalue weighted by Gasteiger charge is 2.13. The Labute approximate surface area is 125 Å². The van der Waals surface area contributed by atoms with Crippen molar-refractivity contribution in [3.63, 3.8) is 0 Å². The molecule has 1 heterocycles. The highest BCUT2D eigenvalue weighted by atomic mass is 79.9. The molecule has 1 unspecified atom stereocenters. The van der Waals surface area contributed by atoms with Crippen molar-refractivity contribution >= 4 is 34.0 Å². The summed E-state index contributed by atoms with van der Waals surface area (Å²) in [6, 6.07) is 4.14. The molecular formula is C14H13BrN2OS. The molecule has 2 aromatic rings. The fraction of sp³-hybridized carbons (Fsp3) is 0.214. The van der Waals surface area contributed by atoms with Gasteiger partial charge in [-0.2, -0.15) is 0 Å². The van der Waals surface area contributed by atoms with Crippen LogP contribution in [0, 0.1) is 13.8 Å². The summed E-state index contributed by atoms with van der Waals surface area (Å²) >= 11 is 4.95. The van der Waals surface area contributed by atoms with Crippen LogP contribution in [0.5, 0.6) is 0 Å². The molecule has 0 N–H and O–H groups in total. The number of nitrogens with zero attached hydrogens (tertiary/aromatic N) is 2. The molecule has 0 saturated heterocycles. The number of alkyl halides is 1. The maximum Gasteiger partial charge on any atom is 0.138 e. The summed E-state index contributed by atoms with van der Waals surface area (Å²) in [5.41, 5.74) is 3.24. The fourth-order valence-corrected chi connectivity index (χ4v) is 3.62. The number of aldehydes is 1. The van der Waals surface area contributed by atoms with Crippen molar-refractivity contribution in [2.75, 3.05) is 0 Å². The number of carbonyl (C=O) groups is 1. The van der Waals surface area contributed by atoms with E-state index < -0.39 is 0 Å². The minimum absolute atomic E-state index is 0.247. The van der Waals surface area contributed by atoms with Gasteiger partial charge in [0.2, 0.25) is 0 Å². The normalized spacial score (nSPS) is 12.2. The summed E-state index contributed by atoms with van der Waals surface area (Å²) in [6.45, 7) is 4.03. The zero-order valence-electron chi connectivity index (χ0n) is 10.6. The van der Waals surface area contributed by atoms with Gasteiger partial charge in [0.15, 0.2) is 0 Å². The Hall–Kier alpha value is -1.20. The molecular weight excluding hydrogens is 324 g/mol. The third-order valence-corrected chi connectivity index (χ3v) is 4.29. The van der Waals surface area contributed by atoms with Gasteiger partial charge in [0, 0.05) is 17.3 Å². The van der Waals surface area contributed by atoms with Crippen LogP contribution in [0.4, 0.5) is 0 Å². The molecule has 0 aliphatic heterocycles. The quantitative estimate of drug-likeness (QED) is 0.627. The highest BCUT2D eigenvalue weighted by Crippen LogP contribution is 2.33. The van der Waals surface area contributed by atoms with Crippen LogP contribution in [0.2, 0.25) is 0 Å². The van der Waals surface area contributed by atoms with Gasteiger partial charge in [-0.15, -0.1) is 0 Å². The zero-order valence-corrected chi connectivity index (χ0v) is 13.0. The number of carbonyl (C=O) groups excluding carboxylic acids is 1. The Morgan fingerprint density at radius 3 is 2.47 bits per heavy atom. The van der Waals surface area contributed by atoms with Crippen LogP contribution in [0.15, 0.2) is 40.6 Å². The van der Waals surface area contributed by atoms with Gasteiger partial charge in [0.1, 0.15) is 11.3 Å². The average Bonchev–Trinajstić information content (AvgIpc) is 2.38. The van der Waals surface area contributed by atoms with Gasteiger partial charge in [-0.25, -0.2) is 4.98 Å². The molecule has 0 radical (unpaired) electrons. The predicted molar refractivity (Wildman–Crippen MR) is 79.8 cm³/mol. The lowest BCUT2D eigenvalue weighted by Gasteiger charge is -2.13. The highest BCUT2D eigenvalue weighted by molar-refractivity contribution is 9.09. The van der Waals surface area contributed by atoms with Crippen LogP contribution in [0.1, 0.15) is 21.5 Å². The second-order valence-corrected chi connectivity index (χ2v) is 6.23. The van der Waals surface area contributed by atoms with Gasteiger partial charge >= 0.3 is 0 Å². The van der Waals surface area contributed by atoms with Crippen molar-refractivity contribution < 1.29 is 4.79 Å². The molecule has 0 fully saturated rings. The molecule has 0 amide bonds. The number of rotatable bonds is 4. The van der Waals surface area contributed by atoms with E-state index in [2.05, 4.69) is 38.0 Å². The second kappa shape index (κ2) is 6.30. The van der Waals surface area contributed by atoms with Gasteiger partial charge in [-0.3, -0.25) is 4.98 Å². The Morgan fingerprint density at radius 2 is 1.95 bits per heavy atom. The van der Waals surface area contributed by atoms with E-state index in [1.54, 1.807) is 30.4 Å². The minimum atomic E-state index is -0.247. The molecule has 1 atom stereocenters. The molecule has 19 heavy (non-hydrogen) atoms. The molecule has 1 aromatic heterocycles. The van der Waals surface area contributed by atoms with Crippen molar-refractivity contribution in [1.82, 2.24) is 9.97 Å². The molecule has 0 spiro atoms. The number of hydrogen-bond donors (Lipinski definition) is 0. The SMILES string of the molecule is Cc1cc(Sc2cnccn2)cc(C)c1C(Br)C=O. The summed E-state index contributed by atoms with van der Waals surface area (Å²) in [5, 5.41) is 0.861. The van der Waals surface area contributed by atoms with Crippen LogP contribution in [0.25, 0.3) is 0 Å². The fourth-order valence-electron chi connectivity index (χ4n) is 1.96. The first-order chi connectivity index (χ1) is 9.11. The summed E-state index contributed by atoms with van der Waals surface area (Å²) < 4.78 is 0. The largest absolute Gasteiger partial charge is 0.302 e. The average molecular weight is 337 g/mol. The van der Waals surface area contributed by atoms with E-state index in [9.17, 15) is 4.79 Å². The first-order valence-corrected chi connectivity index (χ1v) is 7.49. The minimum Gasteiger partial charge on any atom is -0.302 e. The lowest BCUT2D eigenvalue weighted by molar-refractivity contribution is -0.107. The topological polar surface area (TPSA) is 42.9 Å². The summed E-state index contributed by atoms with van der Waals surface area (Å²) in [6.07, 6.45) is 5.98. The molecule has 5 heteroatoms. The van der Waals surface area contributed by atoms with Crippen LogP contribution in [-0.2, 0) is 4.79 Å². The van der Waals surface area contributed by atoms with Crippen LogP contribution >= 0.6 is 27.7 Å². The molecule has 0 saturated carbocycles. The third kappa shape index (κ3) is 3.42. The molecule has 3 nitrogen and oxygen atoms in total. The van der Waals surface area contributed by atoms with Crippen molar-refractivity contribution in [3.8, 4) is 0 Å². The lowest BCUT2D eigenvalue weighted by atomic mass is 10.0. The Kier molecular flexibility index (Phi) is 4.71. The predicted octanol–water partition coefficient (Wildman–Crippen LogP) is 3.88. The smallest absolute Gasteiger partial charge is 0.138 e. The summed E-state index contributed by atoms with van der Waals surface area (Å²) in [4.78, 5) is 20.1. The summed E-state index contributed by atoms with van der Waals surface area (Å²) in [5.74, 6) is 0. The van der Waals surface area contributed by atoms with E-state index in [0.29, 0.717) is 0 Å². The molecule has 0 aliphatic carbocycles. The van der Waals surface area contributed by atoms with Gasteiger partial charge < -0.3 is 4.79 Å². The standard InChI is InChI=1S/C14H13BrN2OS/c1-9-5-11(19-13-7-16-3-4-17-13)6-10(2)14(9)12(15)8-18/h3-8,12H,1-2H3. The number of benzene rings is 1. The van der Waals surface area contributed by atoms with E-state index >= 15 is 0 Å². The monoisotopic (exact) mass is 336 g/mol. The first kappa shape index (κ1) is 14.2. The van der Waals surface area contributed by atoms with Gasteiger partial charge in [0.05, 0.1) is 11.0 Å². The van der Waals surface area contributed by atoms with Crippen molar-refractivity contribution in [3.05, 3.63) is 47.4 Å². The van der Waals surface area contributed by atoms with Gasteiger partial charge in [0.25, 0.3) is 0 Å². The Balaban J connectivity index is 2.32. The van der Waals surface area contributed by atoms with E-state index in [0.717, 1.165) is 32.9 Å². The maximum absolute atomic E-state index is 10.9. The van der Waals surface area contributed by atoms with Gasteiger partial charge in [-0.05, 0) is 42.7 Å². The molecule has 0 bridgehead atoms. The van der Waals surface area contributed by atoms with Crippen molar-refractivity contribution in [2.45, 2.75) is 28.6 Å². The molecule has 2 rings (SSSR count). The molecule has 1 aromatic carbocycles. The number of aryl methyl sites for hydroxylation is 2. The van der Waals surface area contributed by atoms with Crippen LogP contribution in [-0.4, -0.2) is 16.3 Å². The number of hydrogen-bond acceptors (Lipinski definition) is 4. The molecule has 0 aliphatic rings. The van der Waals surface area contributed by atoms with E-state index in [1.165, 1.54) is 0 Å². The maximum atomic E-state index is 10.9. The van der Waals surface area contributed by atoms with Crippen LogP contribution in [0.3, 0.4) is 0 Å². The van der Waals surface area contributed by atoms with Crippen molar-refractivity contribution in [1.29, 1.82) is 0 Å². The zero-order chi connectivity index (χ0) is 13.8. The second-order valence-electron chi connectivity index (χ2n) is 4.15. The van der Waals surface area contributed by atoms with E-state index in [4.69, 9.17) is 0 Å². The van der Waals surface area contributed by atoms with Crippen LogP contribution < -0.4 is 0 Å². The Morgan fingerprint density at radius 1 is 1.26 bits per heavy atom. The van der Waals surface area contributed by atoms with Gasteiger partial charge in [-0.1, -0.05) is 27.7 Å². The number of halogens is 1. The Bertz CT molecular complexity index is 566. The van der Waals surface area contributed by atoms with E-state index in [-0.39, 0.29) is 4.83 Å². The lowest BCUT2D eigenvalue weighted by Crippen LogP contribution is -1.98. The number of aromatic nitrogens is 2. The van der Waals surface area contributed by atoms with E-state index in [1.807, 2.05) is 13.8 Å². The molecule has 98 valence electrons. The third-order valence-electron chi connectivity index (χ3n) is 2.72. The summed E-state index contributed by atoms with van der Waals surface area (Å²) in [7, 11) is 0. The first-order valence-electron chi connectivity index (χ1n) is 5.76. The van der Waals surface area contributed by atoms with Crippen molar-refractivity contribution in [2.24, 2.45) is 0 Å².